The number of carbonyl (C=O) groups excluding carboxylic acids is 2. The molecule has 0 saturated carbocycles. The lowest BCUT2D eigenvalue weighted by molar-refractivity contribution is -0.133. The van der Waals surface area contributed by atoms with Crippen LogP contribution in [0.1, 0.15) is 27.1 Å². The van der Waals surface area contributed by atoms with Crippen LogP contribution in [0.3, 0.4) is 0 Å². The molecule has 0 bridgehead atoms. The van der Waals surface area contributed by atoms with Crippen LogP contribution >= 0.6 is 0 Å². The standard InChI is InChI=1S/C22H24N2O6/c1-29-16-5-4-6-17(15-16)30-14-9-20(25)23-10-12-24(13-11-23)21(26)18-7-2-3-8-19(18)22(27)28/h2-8,15H,9-14H2,1H3,(H,27,28). The number of ether oxygens (including phenoxy) is 2. The lowest BCUT2D eigenvalue weighted by atomic mass is 10.1. The fourth-order valence-electron chi connectivity index (χ4n) is 3.29. The SMILES string of the molecule is COc1cccc(OCCC(=O)N2CCN(C(=O)c3ccccc3C(=O)O)CC2)c1. The van der Waals surface area contributed by atoms with E-state index < -0.39 is 5.97 Å². The topological polar surface area (TPSA) is 96.4 Å². The van der Waals surface area contributed by atoms with Gasteiger partial charge in [0.1, 0.15) is 11.5 Å². The third kappa shape index (κ3) is 5.08. The fourth-order valence-corrected chi connectivity index (χ4v) is 3.29. The van der Waals surface area contributed by atoms with Crippen LogP contribution in [0.2, 0.25) is 0 Å². The van der Waals surface area contributed by atoms with E-state index in [0.29, 0.717) is 37.7 Å². The average molecular weight is 412 g/mol. The smallest absolute Gasteiger partial charge is 0.336 e. The molecule has 158 valence electrons. The minimum atomic E-state index is -1.14. The van der Waals surface area contributed by atoms with Crippen molar-refractivity contribution in [3.05, 3.63) is 59.7 Å². The van der Waals surface area contributed by atoms with Gasteiger partial charge in [-0.15, -0.1) is 0 Å². The van der Waals surface area contributed by atoms with Crippen molar-refractivity contribution in [2.24, 2.45) is 0 Å². The van der Waals surface area contributed by atoms with Crippen LogP contribution in [0.25, 0.3) is 0 Å². The van der Waals surface area contributed by atoms with Crippen LogP contribution in [-0.2, 0) is 4.79 Å². The van der Waals surface area contributed by atoms with Crippen LogP contribution in [0.5, 0.6) is 11.5 Å². The Morgan fingerprint density at radius 1 is 0.900 bits per heavy atom. The quantitative estimate of drug-likeness (QED) is 0.749. The number of hydrogen-bond acceptors (Lipinski definition) is 5. The van der Waals surface area contributed by atoms with Crippen molar-refractivity contribution in [1.82, 2.24) is 9.80 Å². The van der Waals surface area contributed by atoms with Gasteiger partial charge in [0, 0.05) is 32.2 Å². The molecular formula is C22H24N2O6. The number of rotatable bonds is 7. The van der Waals surface area contributed by atoms with Gasteiger partial charge in [-0.2, -0.15) is 0 Å². The number of methoxy groups -OCH3 is 1. The number of hydrogen-bond donors (Lipinski definition) is 1. The Hall–Kier alpha value is -3.55. The van der Waals surface area contributed by atoms with Gasteiger partial charge in [0.2, 0.25) is 5.91 Å². The summed E-state index contributed by atoms with van der Waals surface area (Å²) in [4.78, 5) is 39.8. The highest BCUT2D eigenvalue weighted by atomic mass is 16.5. The predicted molar refractivity (Wildman–Crippen MR) is 109 cm³/mol. The highest BCUT2D eigenvalue weighted by Gasteiger charge is 2.27. The minimum absolute atomic E-state index is 0.0179. The first-order valence-electron chi connectivity index (χ1n) is 9.66. The van der Waals surface area contributed by atoms with Crippen molar-refractivity contribution >= 4 is 17.8 Å². The van der Waals surface area contributed by atoms with Gasteiger partial charge in [0.05, 0.1) is 31.3 Å². The van der Waals surface area contributed by atoms with Crippen molar-refractivity contribution in [3.8, 4) is 11.5 Å². The zero-order valence-electron chi connectivity index (χ0n) is 16.7. The van der Waals surface area contributed by atoms with Crippen LogP contribution < -0.4 is 9.47 Å². The second-order valence-corrected chi connectivity index (χ2v) is 6.80. The van der Waals surface area contributed by atoms with E-state index in [-0.39, 0.29) is 36.0 Å². The first-order valence-corrected chi connectivity index (χ1v) is 9.66. The zero-order chi connectivity index (χ0) is 21.5. The molecule has 0 radical (unpaired) electrons. The fraction of sp³-hybridized carbons (Fsp3) is 0.318. The van der Waals surface area contributed by atoms with Crippen LogP contribution in [-0.4, -0.2) is 72.6 Å². The van der Waals surface area contributed by atoms with Gasteiger partial charge in [0.25, 0.3) is 5.91 Å². The van der Waals surface area contributed by atoms with Gasteiger partial charge in [-0.25, -0.2) is 4.79 Å². The summed E-state index contributed by atoms with van der Waals surface area (Å²) >= 11 is 0. The van der Waals surface area contributed by atoms with E-state index in [0.717, 1.165) is 0 Å². The molecule has 1 heterocycles. The molecule has 1 aliphatic rings. The monoisotopic (exact) mass is 412 g/mol. The maximum Gasteiger partial charge on any atom is 0.336 e. The van der Waals surface area contributed by atoms with Gasteiger partial charge in [0.15, 0.2) is 0 Å². The van der Waals surface area contributed by atoms with E-state index in [2.05, 4.69) is 0 Å². The molecule has 2 amide bonds. The number of aromatic carboxylic acids is 1. The Bertz CT molecular complexity index is 921. The van der Waals surface area contributed by atoms with E-state index in [1.165, 1.54) is 12.1 Å². The molecule has 0 spiro atoms. The molecule has 30 heavy (non-hydrogen) atoms. The number of carboxylic acids is 1. The zero-order valence-corrected chi connectivity index (χ0v) is 16.7. The van der Waals surface area contributed by atoms with Crippen LogP contribution in [0, 0.1) is 0 Å². The molecule has 0 aromatic heterocycles. The molecular weight excluding hydrogens is 388 g/mol. The van der Waals surface area contributed by atoms with Crippen LogP contribution in [0.4, 0.5) is 0 Å². The maximum absolute atomic E-state index is 12.7. The second kappa shape index (κ2) is 9.78. The van der Waals surface area contributed by atoms with Gasteiger partial charge >= 0.3 is 5.97 Å². The molecule has 0 unspecified atom stereocenters. The number of carbonyl (C=O) groups is 3. The molecule has 1 fully saturated rings. The number of benzene rings is 2. The third-order valence-electron chi connectivity index (χ3n) is 4.93. The Morgan fingerprint density at radius 3 is 2.20 bits per heavy atom. The van der Waals surface area contributed by atoms with Crippen molar-refractivity contribution in [2.45, 2.75) is 6.42 Å². The summed E-state index contributed by atoms with van der Waals surface area (Å²) in [5, 5.41) is 9.28. The molecule has 1 aliphatic heterocycles. The lowest BCUT2D eigenvalue weighted by Crippen LogP contribution is -2.51. The van der Waals surface area contributed by atoms with Gasteiger partial charge < -0.3 is 24.4 Å². The molecule has 2 aromatic carbocycles. The average Bonchev–Trinajstić information content (AvgIpc) is 2.78. The van der Waals surface area contributed by atoms with Crippen LogP contribution in [0.15, 0.2) is 48.5 Å². The second-order valence-electron chi connectivity index (χ2n) is 6.80. The lowest BCUT2D eigenvalue weighted by Gasteiger charge is -2.35. The Morgan fingerprint density at radius 2 is 1.53 bits per heavy atom. The highest BCUT2D eigenvalue weighted by molar-refractivity contribution is 6.04. The molecule has 0 aliphatic carbocycles. The van der Waals surface area contributed by atoms with Crippen molar-refractivity contribution in [2.75, 3.05) is 39.9 Å². The van der Waals surface area contributed by atoms with Crippen molar-refractivity contribution in [3.63, 3.8) is 0 Å². The molecule has 0 atom stereocenters. The minimum Gasteiger partial charge on any atom is -0.497 e. The molecule has 2 aromatic rings. The summed E-state index contributed by atoms with van der Waals surface area (Å²) in [6.07, 6.45) is 0.229. The molecule has 1 N–H and O–H groups in total. The number of amides is 2. The van der Waals surface area contributed by atoms with Gasteiger partial charge in [-0.05, 0) is 24.3 Å². The number of piperazine rings is 1. The summed E-state index contributed by atoms with van der Waals surface area (Å²) in [7, 11) is 1.58. The Labute approximate surface area is 174 Å². The van der Waals surface area contributed by atoms with Gasteiger partial charge in [-0.1, -0.05) is 18.2 Å². The highest BCUT2D eigenvalue weighted by Crippen LogP contribution is 2.19. The Balaban J connectivity index is 1.48. The number of carboxylic acid groups (broad SMARTS) is 1. The van der Waals surface area contributed by atoms with E-state index in [1.54, 1.807) is 41.2 Å². The first kappa shape index (κ1) is 21.2. The van der Waals surface area contributed by atoms with Crippen molar-refractivity contribution in [1.29, 1.82) is 0 Å². The summed E-state index contributed by atoms with van der Waals surface area (Å²) < 4.78 is 10.8. The van der Waals surface area contributed by atoms with E-state index >= 15 is 0 Å². The summed E-state index contributed by atoms with van der Waals surface area (Å²) in [6.45, 7) is 1.76. The predicted octanol–water partition coefficient (Wildman–Crippen LogP) is 2.15. The van der Waals surface area contributed by atoms with E-state index in [4.69, 9.17) is 9.47 Å². The molecule has 3 rings (SSSR count). The van der Waals surface area contributed by atoms with Crippen molar-refractivity contribution < 1.29 is 29.0 Å². The van der Waals surface area contributed by atoms with E-state index in [1.807, 2.05) is 12.1 Å². The van der Waals surface area contributed by atoms with E-state index in [9.17, 15) is 19.5 Å². The largest absolute Gasteiger partial charge is 0.497 e. The summed E-state index contributed by atoms with van der Waals surface area (Å²) in [5.41, 5.74) is 0.146. The summed E-state index contributed by atoms with van der Waals surface area (Å²) in [6, 6.07) is 13.3. The molecule has 1 saturated heterocycles. The third-order valence-corrected chi connectivity index (χ3v) is 4.93. The van der Waals surface area contributed by atoms with Gasteiger partial charge in [-0.3, -0.25) is 9.59 Å². The molecule has 8 nitrogen and oxygen atoms in total. The molecule has 8 heteroatoms. The maximum atomic E-state index is 12.7. The normalized spacial score (nSPS) is 13.6. The first-order chi connectivity index (χ1) is 14.5. The Kier molecular flexibility index (Phi) is 6.90. The summed E-state index contributed by atoms with van der Waals surface area (Å²) in [5.74, 6) is -0.195. The number of nitrogens with zero attached hydrogens (tertiary/aromatic N) is 2.